The van der Waals surface area contributed by atoms with Crippen molar-refractivity contribution in [2.45, 2.75) is 13.5 Å². The van der Waals surface area contributed by atoms with Crippen molar-refractivity contribution in [3.63, 3.8) is 0 Å². The Balaban J connectivity index is 1.72. The molecule has 2 N–H and O–H groups in total. The molecular weight excluding hydrogens is 330 g/mol. The Morgan fingerprint density at radius 2 is 2.00 bits per heavy atom. The van der Waals surface area contributed by atoms with Gasteiger partial charge in [-0.15, -0.1) is 0 Å². The van der Waals surface area contributed by atoms with Gasteiger partial charge in [0.15, 0.2) is 0 Å². The van der Waals surface area contributed by atoms with Gasteiger partial charge in [-0.3, -0.25) is 9.78 Å². The number of methoxy groups -OCH3 is 1. The Morgan fingerprint density at radius 3 is 2.77 bits per heavy atom. The molecule has 26 heavy (non-hydrogen) atoms. The van der Waals surface area contributed by atoms with E-state index >= 15 is 0 Å². The van der Waals surface area contributed by atoms with E-state index in [4.69, 9.17) is 4.74 Å². The Morgan fingerprint density at radius 1 is 1.12 bits per heavy atom. The molecule has 0 radical (unpaired) electrons. The number of nitrogens with zero attached hydrogens (tertiary/aromatic N) is 3. The van der Waals surface area contributed by atoms with Crippen molar-refractivity contribution in [3.8, 4) is 5.75 Å². The number of carbonyl (C=O) groups is 1. The summed E-state index contributed by atoms with van der Waals surface area (Å²) in [6, 6.07) is 14.5. The molecule has 0 bridgehead atoms. The second-order valence-corrected chi connectivity index (χ2v) is 5.55. The fraction of sp³-hybridized carbons (Fsp3) is 0.158. The number of pyridine rings is 1. The fourth-order valence-corrected chi connectivity index (χ4v) is 2.35. The van der Waals surface area contributed by atoms with E-state index in [2.05, 4.69) is 25.6 Å². The molecule has 0 saturated heterocycles. The Bertz CT molecular complexity index is 899. The van der Waals surface area contributed by atoms with Crippen LogP contribution in [0.15, 0.2) is 54.7 Å². The van der Waals surface area contributed by atoms with Gasteiger partial charge in [0.2, 0.25) is 0 Å². The van der Waals surface area contributed by atoms with Gasteiger partial charge in [-0.25, -0.2) is 9.97 Å². The smallest absolute Gasteiger partial charge is 0.274 e. The number of nitrogens with one attached hydrogen (secondary N) is 2. The maximum absolute atomic E-state index is 12.5. The summed E-state index contributed by atoms with van der Waals surface area (Å²) >= 11 is 0. The number of rotatable bonds is 6. The number of aryl methyl sites for hydroxylation is 1. The Kier molecular flexibility index (Phi) is 5.38. The molecule has 3 aromatic rings. The summed E-state index contributed by atoms with van der Waals surface area (Å²) in [4.78, 5) is 25.3. The van der Waals surface area contributed by atoms with Gasteiger partial charge in [-0.1, -0.05) is 12.1 Å². The van der Waals surface area contributed by atoms with Crippen LogP contribution in [0.3, 0.4) is 0 Å². The molecule has 2 heterocycles. The van der Waals surface area contributed by atoms with Gasteiger partial charge in [0.05, 0.1) is 19.3 Å². The third-order valence-electron chi connectivity index (χ3n) is 3.57. The third-order valence-corrected chi connectivity index (χ3v) is 3.57. The molecule has 1 aromatic carbocycles. The number of hydrogen-bond acceptors (Lipinski definition) is 6. The van der Waals surface area contributed by atoms with Crippen LogP contribution >= 0.6 is 0 Å². The number of amides is 1. The Labute approximate surface area is 151 Å². The average Bonchev–Trinajstić information content (AvgIpc) is 2.67. The zero-order valence-corrected chi connectivity index (χ0v) is 14.6. The van der Waals surface area contributed by atoms with Crippen LogP contribution in [0.4, 0.5) is 11.5 Å². The highest BCUT2D eigenvalue weighted by molar-refractivity contribution is 6.03. The molecule has 0 spiro atoms. The van der Waals surface area contributed by atoms with Crippen molar-refractivity contribution in [2.24, 2.45) is 0 Å². The lowest BCUT2D eigenvalue weighted by atomic mass is 10.2. The van der Waals surface area contributed by atoms with E-state index in [0.717, 1.165) is 5.69 Å². The van der Waals surface area contributed by atoms with E-state index in [1.807, 2.05) is 24.3 Å². The van der Waals surface area contributed by atoms with Gasteiger partial charge < -0.3 is 15.4 Å². The van der Waals surface area contributed by atoms with E-state index in [1.165, 1.54) is 0 Å². The molecule has 0 saturated carbocycles. The summed E-state index contributed by atoms with van der Waals surface area (Å²) < 4.78 is 5.16. The van der Waals surface area contributed by atoms with E-state index in [9.17, 15) is 4.79 Å². The number of hydrogen-bond donors (Lipinski definition) is 2. The zero-order valence-electron chi connectivity index (χ0n) is 14.6. The summed E-state index contributed by atoms with van der Waals surface area (Å²) in [7, 11) is 1.58. The van der Waals surface area contributed by atoms with Crippen molar-refractivity contribution in [1.82, 2.24) is 15.0 Å². The van der Waals surface area contributed by atoms with Gasteiger partial charge in [0.1, 0.15) is 23.1 Å². The number of carbonyl (C=O) groups excluding carboxylic acids is 1. The number of anilines is 2. The molecule has 0 unspecified atom stereocenters. The monoisotopic (exact) mass is 349 g/mol. The summed E-state index contributed by atoms with van der Waals surface area (Å²) in [6.07, 6.45) is 1.73. The summed E-state index contributed by atoms with van der Waals surface area (Å²) in [5.41, 5.74) is 1.79. The van der Waals surface area contributed by atoms with Crippen molar-refractivity contribution >= 4 is 17.4 Å². The molecule has 0 aliphatic rings. The molecule has 0 atom stereocenters. The summed E-state index contributed by atoms with van der Waals surface area (Å²) in [5, 5.41) is 5.98. The van der Waals surface area contributed by atoms with Crippen LogP contribution in [0.5, 0.6) is 5.75 Å². The normalized spacial score (nSPS) is 10.2. The molecule has 0 fully saturated rings. The van der Waals surface area contributed by atoms with E-state index in [-0.39, 0.29) is 11.6 Å². The largest absolute Gasteiger partial charge is 0.497 e. The quantitative estimate of drug-likeness (QED) is 0.711. The molecule has 3 rings (SSSR count). The first-order valence-electron chi connectivity index (χ1n) is 8.09. The van der Waals surface area contributed by atoms with Gasteiger partial charge in [-0.05, 0) is 31.2 Å². The summed E-state index contributed by atoms with van der Waals surface area (Å²) in [6.45, 7) is 2.25. The molecule has 0 aliphatic heterocycles. The van der Waals surface area contributed by atoms with E-state index in [0.29, 0.717) is 29.6 Å². The second-order valence-electron chi connectivity index (χ2n) is 5.55. The number of benzene rings is 1. The van der Waals surface area contributed by atoms with Crippen molar-refractivity contribution in [1.29, 1.82) is 0 Å². The van der Waals surface area contributed by atoms with Crippen LogP contribution in [0.2, 0.25) is 0 Å². The summed E-state index contributed by atoms with van der Waals surface area (Å²) in [5.74, 6) is 1.43. The third kappa shape index (κ3) is 4.54. The van der Waals surface area contributed by atoms with Gasteiger partial charge in [0, 0.05) is 24.0 Å². The molecule has 132 valence electrons. The van der Waals surface area contributed by atoms with Crippen molar-refractivity contribution in [2.75, 3.05) is 17.7 Å². The topological polar surface area (TPSA) is 89.0 Å². The van der Waals surface area contributed by atoms with Crippen molar-refractivity contribution in [3.05, 3.63) is 71.9 Å². The molecule has 2 aromatic heterocycles. The van der Waals surface area contributed by atoms with Crippen LogP contribution in [-0.2, 0) is 6.54 Å². The highest BCUT2D eigenvalue weighted by Crippen LogP contribution is 2.18. The van der Waals surface area contributed by atoms with Gasteiger partial charge in [-0.2, -0.15) is 0 Å². The van der Waals surface area contributed by atoms with Crippen LogP contribution in [0.1, 0.15) is 22.0 Å². The predicted molar refractivity (Wildman–Crippen MR) is 99.3 cm³/mol. The first-order valence-corrected chi connectivity index (χ1v) is 8.09. The lowest BCUT2D eigenvalue weighted by molar-refractivity contribution is 0.102. The standard InChI is InChI=1S/C19H19N5O2/c1-13-22-17(19(25)24-14-7-5-8-16(10-14)26-2)11-18(23-13)21-12-15-6-3-4-9-20-15/h3-11H,12H2,1-2H3,(H,24,25)(H,21,22,23). The first kappa shape index (κ1) is 17.3. The number of ether oxygens (including phenoxy) is 1. The second kappa shape index (κ2) is 8.06. The van der Waals surface area contributed by atoms with Crippen LogP contribution < -0.4 is 15.4 Å². The van der Waals surface area contributed by atoms with Crippen molar-refractivity contribution < 1.29 is 9.53 Å². The average molecular weight is 349 g/mol. The molecule has 1 amide bonds. The van der Waals surface area contributed by atoms with Gasteiger partial charge >= 0.3 is 0 Å². The lowest BCUT2D eigenvalue weighted by Gasteiger charge is -2.09. The van der Waals surface area contributed by atoms with Crippen LogP contribution in [0, 0.1) is 6.92 Å². The fourth-order valence-electron chi connectivity index (χ4n) is 2.35. The maximum atomic E-state index is 12.5. The minimum absolute atomic E-state index is 0.281. The van der Waals surface area contributed by atoms with Crippen LogP contribution in [-0.4, -0.2) is 28.0 Å². The number of aromatic nitrogens is 3. The minimum Gasteiger partial charge on any atom is -0.497 e. The molecule has 7 heteroatoms. The molecule has 7 nitrogen and oxygen atoms in total. The minimum atomic E-state index is -0.315. The maximum Gasteiger partial charge on any atom is 0.274 e. The lowest BCUT2D eigenvalue weighted by Crippen LogP contribution is -2.16. The predicted octanol–water partition coefficient (Wildman–Crippen LogP) is 3.05. The SMILES string of the molecule is COc1cccc(NC(=O)c2cc(NCc3ccccn3)nc(C)n2)c1. The highest BCUT2D eigenvalue weighted by atomic mass is 16.5. The van der Waals surface area contributed by atoms with Gasteiger partial charge in [0.25, 0.3) is 5.91 Å². The zero-order chi connectivity index (χ0) is 18.4. The highest BCUT2D eigenvalue weighted by Gasteiger charge is 2.11. The first-order chi connectivity index (χ1) is 12.6. The van der Waals surface area contributed by atoms with E-state index < -0.39 is 0 Å². The van der Waals surface area contributed by atoms with Crippen LogP contribution in [0.25, 0.3) is 0 Å². The molecule has 0 aliphatic carbocycles. The van der Waals surface area contributed by atoms with E-state index in [1.54, 1.807) is 44.5 Å². The Hall–Kier alpha value is -3.48. The molecular formula is C19H19N5O2.